The van der Waals surface area contributed by atoms with Gasteiger partial charge < -0.3 is 19.3 Å². The predicted octanol–water partition coefficient (Wildman–Crippen LogP) is 2.36. The van der Waals surface area contributed by atoms with E-state index in [1.54, 1.807) is 13.2 Å². The van der Waals surface area contributed by atoms with Crippen LogP contribution in [-0.4, -0.2) is 44.6 Å². The van der Waals surface area contributed by atoms with Crippen molar-refractivity contribution >= 4 is 12.0 Å². The van der Waals surface area contributed by atoms with Crippen LogP contribution in [0, 0.1) is 5.82 Å². The van der Waals surface area contributed by atoms with Gasteiger partial charge in [-0.1, -0.05) is 12.1 Å². The molecule has 0 amide bonds. The van der Waals surface area contributed by atoms with E-state index in [4.69, 9.17) is 19.3 Å². The molecule has 116 valence electrons. The molecule has 0 aliphatic carbocycles. The average Bonchev–Trinajstić information content (AvgIpc) is 2.46. The van der Waals surface area contributed by atoms with Gasteiger partial charge >= 0.3 is 5.97 Å². The van der Waals surface area contributed by atoms with Crippen LogP contribution in [0.4, 0.5) is 4.39 Å². The molecular weight excluding hydrogens is 279 g/mol. The van der Waals surface area contributed by atoms with Crippen molar-refractivity contribution in [3.63, 3.8) is 0 Å². The molecule has 0 bridgehead atoms. The molecule has 0 atom stereocenters. The highest BCUT2D eigenvalue weighted by Gasteiger charge is 2.08. The number of halogens is 1. The van der Waals surface area contributed by atoms with Crippen LogP contribution >= 0.6 is 0 Å². The lowest BCUT2D eigenvalue weighted by Crippen LogP contribution is -2.10. The standard InChI is InChI=1S/C15H19FO5/c1-19-8-3-9-20-10-11-21-15-12(6-7-14(17)18)4-2-5-13(15)16/h2,4-7H,3,8-11H2,1H3,(H,17,18)/b7-6+. The normalized spacial score (nSPS) is 11.0. The van der Waals surface area contributed by atoms with Crippen molar-refractivity contribution in [1.82, 2.24) is 0 Å². The third kappa shape index (κ3) is 6.87. The second-order valence-electron chi connectivity index (χ2n) is 4.14. The Balaban J connectivity index is 2.48. The minimum absolute atomic E-state index is 0.0236. The highest BCUT2D eigenvalue weighted by molar-refractivity contribution is 5.85. The number of hydrogen-bond donors (Lipinski definition) is 1. The van der Waals surface area contributed by atoms with Crippen LogP contribution in [0.2, 0.25) is 0 Å². The van der Waals surface area contributed by atoms with Gasteiger partial charge in [-0.15, -0.1) is 0 Å². The summed E-state index contributed by atoms with van der Waals surface area (Å²) >= 11 is 0. The number of aliphatic carboxylic acids is 1. The Morgan fingerprint density at radius 2 is 2.10 bits per heavy atom. The van der Waals surface area contributed by atoms with E-state index in [0.717, 1.165) is 12.5 Å². The zero-order valence-corrected chi connectivity index (χ0v) is 11.9. The first kappa shape index (κ1) is 17.1. The average molecular weight is 298 g/mol. The number of carboxylic acids is 1. The van der Waals surface area contributed by atoms with Crippen LogP contribution in [0.15, 0.2) is 24.3 Å². The van der Waals surface area contributed by atoms with Gasteiger partial charge in [0.2, 0.25) is 0 Å². The summed E-state index contributed by atoms with van der Waals surface area (Å²) in [6.07, 6.45) is 3.01. The maximum Gasteiger partial charge on any atom is 0.328 e. The molecule has 1 rings (SSSR count). The summed E-state index contributed by atoms with van der Waals surface area (Å²) in [6, 6.07) is 4.33. The SMILES string of the molecule is COCCCOCCOc1c(F)cccc1/C=C/C(=O)O. The number of methoxy groups -OCH3 is 1. The van der Waals surface area contributed by atoms with Crippen molar-refractivity contribution < 1.29 is 28.5 Å². The number of benzene rings is 1. The van der Waals surface area contributed by atoms with Gasteiger partial charge in [-0.05, 0) is 18.6 Å². The zero-order chi connectivity index (χ0) is 15.5. The summed E-state index contributed by atoms with van der Waals surface area (Å²) in [5, 5.41) is 8.60. The lowest BCUT2D eigenvalue weighted by Gasteiger charge is -2.10. The van der Waals surface area contributed by atoms with Crippen molar-refractivity contribution in [2.24, 2.45) is 0 Å². The molecule has 0 saturated heterocycles. The van der Waals surface area contributed by atoms with E-state index in [1.165, 1.54) is 18.2 Å². The Kier molecular flexibility index (Phi) is 8.08. The first-order valence-electron chi connectivity index (χ1n) is 6.54. The quantitative estimate of drug-likeness (QED) is 0.530. The molecule has 0 unspecified atom stereocenters. The van der Waals surface area contributed by atoms with E-state index in [0.29, 0.717) is 25.4 Å². The molecule has 5 nitrogen and oxygen atoms in total. The van der Waals surface area contributed by atoms with Crippen molar-refractivity contribution in [3.05, 3.63) is 35.7 Å². The van der Waals surface area contributed by atoms with Crippen molar-refractivity contribution in [1.29, 1.82) is 0 Å². The number of para-hydroxylation sites is 1. The predicted molar refractivity (Wildman–Crippen MR) is 75.9 cm³/mol. The molecule has 0 saturated carbocycles. The van der Waals surface area contributed by atoms with Crippen molar-refractivity contribution in [3.8, 4) is 5.75 Å². The molecule has 0 aliphatic heterocycles. The third-order valence-electron chi connectivity index (χ3n) is 2.51. The number of rotatable bonds is 10. The molecule has 0 aromatic heterocycles. The Morgan fingerprint density at radius 3 is 2.81 bits per heavy atom. The summed E-state index contributed by atoms with van der Waals surface area (Å²) in [6.45, 7) is 1.67. The topological polar surface area (TPSA) is 65.0 Å². The minimum Gasteiger partial charge on any atom is -0.487 e. The maximum atomic E-state index is 13.7. The Morgan fingerprint density at radius 1 is 1.29 bits per heavy atom. The first-order valence-corrected chi connectivity index (χ1v) is 6.54. The van der Waals surface area contributed by atoms with Crippen LogP contribution in [0.25, 0.3) is 6.08 Å². The van der Waals surface area contributed by atoms with Crippen LogP contribution < -0.4 is 4.74 Å². The van der Waals surface area contributed by atoms with E-state index in [9.17, 15) is 9.18 Å². The molecule has 0 aliphatic rings. The van der Waals surface area contributed by atoms with Crippen LogP contribution in [0.1, 0.15) is 12.0 Å². The van der Waals surface area contributed by atoms with Gasteiger partial charge in [0.15, 0.2) is 11.6 Å². The van der Waals surface area contributed by atoms with E-state index in [1.807, 2.05) is 0 Å². The highest BCUT2D eigenvalue weighted by atomic mass is 19.1. The molecule has 6 heteroatoms. The van der Waals surface area contributed by atoms with Gasteiger partial charge in [-0.3, -0.25) is 0 Å². The first-order chi connectivity index (χ1) is 10.1. The summed E-state index contributed by atoms with van der Waals surface area (Å²) < 4.78 is 29.2. The van der Waals surface area contributed by atoms with E-state index < -0.39 is 11.8 Å². The molecule has 0 fully saturated rings. The molecule has 1 N–H and O–H groups in total. The second kappa shape index (κ2) is 9.90. The molecule has 21 heavy (non-hydrogen) atoms. The molecule has 0 heterocycles. The number of carboxylic acid groups (broad SMARTS) is 1. The minimum atomic E-state index is -1.10. The fraction of sp³-hybridized carbons (Fsp3) is 0.400. The van der Waals surface area contributed by atoms with Gasteiger partial charge in [0.1, 0.15) is 6.61 Å². The van der Waals surface area contributed by atoms with Gasteiger partial charge in [0, 0.05) is 32.0 Å². The lowest BCUT2D eigenvalue weighted by atomic mass is 10.2. The van der Waals surface area contributed by atoms with E-state index in [-0.39, 0.29) is 12.4 Å². The van der Waals surface area contributed by atoms with Crippen molar-refractivity contribution in [2.75, 3.05) is 33.5 Å². The maximum absolute atomic E-state index is 13.7. The molecule has 0 radical (unpaired) electrons. The fourth-order valence-corrected chi connectivity index (χ4v) is 1.58. The summed E-state index contributed by atoms with van der Waals surface area (Å²) in [7, 11) is 1.62. The Hall–Kier alpha value is -1.92. The van der Waals surface area contributed by atoms with E-state index in [2.05, 4.69) is 0 Å². The third-order valence-corrected chi connectivity index (χ3v) is 2.51. The zero-order valence-electron chi connectivity index (χ0n) is 11.9. The Labute approximate surface area is 122 Å². The molecule has 1 aromatic rings. The van der Waals surface area contributed by atoms with Gasteiger partial charge in [0.05, 0.1) is 6.61 Å². The molecular formula is C15H19FO5. The highest BCUT2D eigenvalue weighted by Crippen LogP contribution is 2.23. The number of carbonyl (C=O) groups is 1. The van der Waals surface area contributed by atoms with Crippen LogP contribution in [0.5, 0.6) is 5.75 Å². The van der Waals surface area contributed by atoms with Crippen molar-refractivity contribution in [2.45, 2.75) is 6.42 Å². The fourth-order valence-electron chi connectivity index (χ4n) is 1.58. The summed E-state index contributed by atoms with van der Waals surface area (Å²) in [5.74, 6) is -1.62. The van der Waals surface area contributed by atoms with E-state index >= 15 is 0 Å². The molecule has 0 spiro atoms. The summed E-state index contributed by atoms with van der Waals surface area (Å²) in [5.41, 5.74) is 0.372. The Bertz CT molecular complexity index is 473. The monoisotopic (exact) mass is 298 g/mol. The number of hydrogen-bond acceptors (Lipinski definition) is 4. The summed E-state index contributed by atoms with van der Waals surface area (Å²) in [4.78, 5) is 10.5. The van der Waals surface area contributed by atoms with Crippen LogP contribution in [-0.2, 0) is 14.3 Å². The number of ether oxygens (including phenoxy) is 3. The smallest absolute Gasteiger partial charge is 0.328 e. The molecule has 1 aromatic carbocycles. The second-order valence-corrected chi connectivity index (χ2v) is 4.14. The van der Waals surface area contributed by atoms with Gasteiger partial charge in [0.25, 0.3) is 0 Å². The lowest BCUT2D eigenvalue weighted by molar-refractivity contribution is -0.131. The largest absolute Gasteiger partial charge is 0.487 e. The van der Waals surface area contributed by atoms with Crippen LogP contribution in [0.3, 0.4) is 0 Å². The van der Waals surface area contributed by atoms with Gasteiger partial charge in [-0.2, -0.15) is 0 Å². The van der Waals surface area contributed by atoms with Gasteiger partial charge in [-0.25, -0.2) is 9.18 Å².